The molecule has 4 heteroatoms. The summed E-state index contributed by atoms with van der Waals surface area (Å²) in [5.74, 6) is -0.0516. The second kappa shape index (κ2) is 4.86. The van der Waals surface area contributed by atoms with E-state index in [1.165, 1.54) is 0 Å². The molecule has 0 spiro atoms. The van der Waals surface area contributed by atoms with Crippen molar-refractivity contribution in [3.05, 3.63) is 66.3 Å². The number of nitrogens with one attached hydrogen (secondary N) is 1. The second-order valence-corrected chi connectivity index (χ2v) is 4.09. The molecule has 0 atom stereocenters. The summed E-state index contributed by atoms with van der Waals surface area (Å²) < 4.78 is 0. The Balaban J connectivity index is 1.87. The molecule has 3 aromatic rings. The number of aromatic amines is 1. The van der Waals surface area contributed by atoms with Gasteiger partial charge in [0.2, 0.25) is 5.78 Å². The van der Waals surface area contributed by atoms with E-state index in [-0.39, 0.29) is 5.78 Å². The smallest absolute Gasteiger partial charge is 0.201 e. The minimum atomic E-state index is -0.0516. The first kappa shape index (κ1) is 11.3. The summed E-state index contributed by atoms with van der Waals surface area (Å²) in [4.78, 5) is 23.1. The molecular weight excluding hydrogens is 238 g/mol. The summed E-state index contributed by atoms with van der Waals surface area (Å²) in [6.07, 6.45) is 8.36. The van der Waals surface area contributed by atoms with Gasteiger partial charge in [-0.05, 0) is 35.9 Å². The third kappa shape index (κ3) is 2.42. The van der Waals surface area contributed by atoms with Gasteiger partial charge in [-0.1, -0.05) is 12.1 Å². The van der Waals surface area contributed by atoms with Gasteiger partial charge in [0.1, 0.15) is 0 Å². The third-order valence-corrected chi connectivity index (χ3v) is 2.78. The molecule has 0 fully saturated rings. The molecule has 19 heavy (non-hydrogen) atoms. The van der Waals surface area contributed by atoms with Crippen LogP contribution >= 0.6 is 0 Å². The lowest BCUT2D eigenvalue weighted by atomic mass is 10.1. The molecule has 0 aliphatic carbocycles. The number of fused-ring (bicyclic) bond motifs is 1. The zero-order valence-corrected chi connectivity index (χ0v) is 10.1. The summed E-state index contributed by atoms with van der Waals surface area (Å²) in [5.41, 5.74) is 3.16. The van der Waals surface area contributed by atoms with E-state index >= 15 is 0 Å². The molecule has 0 bridgehead atoms. The predicted octanol–water partition coefficient (Wildman–Crippen LogP) is 2.85. The topological polar surface area (TPSA) is 58.6 Å². The van der Waals surface area contributed by atoms with E-state index in [4.69, 9.17) is 0 Å². The highest BCUT2D eigenvalue weighted by Gasteiger charge is 2.01. The van der Waals surface area contributed by atoms with Crippen LogP contribution in [0.15, 0.2) is 55.0 Å². The standard InChI is InChI=1S/C15H11N3O/c19-15(13-2-1-7-16-13)6-4-11-3-5-12-14(10-11)18-9-8-17-12/h1-10,16H/b6-4+. The van der Waals surface area contributed by atoms with E-state index in [2.05, 4.69) is 15.0 Å². The number of nitrogens with zero attached hydrogens (tertiary/aromatic N) is 2. The van der Waals surface area contributed by atoms with Crippen LogP contribution in [0, 0.1) is 0 Å². The molecule has 92 valence electrons. The number of benzene rings is 1. The maximum absolute atomic E-state index is 11.8. The Morgan fingerprint density at radius 3 is 2.74 bits per heavy atom. The van der Waals surface area contributed by atoms with Gasteiger partial charge in [0.15, 0.2) is 0 Å². The molecule has 4 nitrogen and oxygen atoms in total. The molecule has 2 heterocycles. The van der Waals surface area contributed by atoms with Crippen molar-refractivity contribution in [2.24, 2.45) is 0 Å². The SMILES string of the molecule is O=C(/C=C/c1ccc2nccnc2c1)c1ccc[nH]1. The minimum absolute atomic E-state index is 0.0516. The van der Waals surface area contributed by atoms with Crippen molar-refractivity contribution < 1.29 is 4.79 Å². The lowest BCUT2D eigenvalue weighted by Gasteiger charge is -1.97. The van der Waals surface area contributed by atoms with Gasteiger partial charge in [-0.25, -0.2) is 0 Å². The largest absolute Gasteiger partial charge is 0.359 e. The van der Waals surface area contributed by atoms with Crippen molar-refractivity contribution in [2.45, 2.75) is 0 Å². The number of aromatic nitrogens is 3. The van der Waals surface area contributed by atoms with E-state index in [1.54, 1.807) is 42.9 Å². The zero-order valence-electron chi connectivity index (χ0n) is 10.1. The van der Waals surface area contributed by atoms with Crippen LogP contribution in [0.2, 0.25) is 0 Å². The van der Waals surface area contributed by atoms with Crippen LogP contribution in [-0.4, -0.2) is 20.7 Å². The molecule has 0 saturated heterocycles. The van der Waals surface area contributed by atoms with Crippen molar-refractivity contribution in [3.63, 3.8) is 0 Å². The van der Waals surface area contributed by atoms with Crippen LogP contribution in [-0.2, 0) is 0 Å². The lowest BCUT2D eigenvalue weighted by Crippen LogP contribution is -1.93. The average molecular weight is 249 g/mol. The number of ketones is 1. The number of carbonyl (C=O) groups excluding carboxylic acids is 1. The molecule has 0 unspecified atom stereocenters. The van der Waals surface area contributed by atoms with E-state index in [0.717, 1.165) is 16.6 Å². The van der Waals surface area contributed by atoms with E-state index in [0.29, 0.717) is 5.69 Å². The number of rotatable bonds is 3. The normalized spacial score (nSPS) is 11.2. The van der Waals surface area contributed by atoms with Crippen molar-refractivity contribution in [1.82, 2.24) is 15.0 Å². The van der Waals surface area contributed by atoms with Gasteiger partial charge in [-0.3, -0.25) is 14.8 Å². The van der Waals surface area contributed by atoms with Crippen LogP contribution in [0.1, 0.15) is 16.1 Å². The van der Waals surface area contributed by atoms with E-state index in [9.17, 15) is 4.79 Å². The Morgan fingerprint density at radius 2 is 1.95 bits per heavy atom. The van der Waals surface area contributed by atoms with Crippen LogP contribution < -0.4 is 0 Å². The van der Waals surface area contributed by atoms with Gasteiger partial charge in [-0.15, -0.1) is 0 Å². The summed E-state index contributed by atoms with van der Waals surface area (Å²) in [6.45, 7) is 0. The fraction of sp³-hybridized carbons (Fsp3) is 0. The molecule has 1 aromatic carbocycles. The predicted molar refractivity (Wildman–Crippen MR) is 73.7 cm³/mol. The minimum Gasteiger partial charge on any atom is -0.359 e. The van der Waals surface area contributed by atoms with Crippen LogP contribution in [0.25, 0.3) is 17.1 Å². The van der Waals surface area contributed by atoms with Gasteiger partial charge in [0.25, 0.3) is 0 Å². The van der Waals surface area contributed by atoms with Gasteiger partial charge >= 0.3 is 0 Å². The van der Waals surface area contributed by atoms with Gasteiger partial charge < -0.3 is 4.98 Å². The average Bonchev–Trinajstić information content (AvgIpc) is 2.99. The monoisotopic (exact) mass is 249 g/mol. The van der Waals surface area contributed by atoms with E-state index in [1.807, 2.05) is 18.2 Å². The summed E-state index contributed by atoms with van der Waals surface area (Å²) in [6, 6.07) is 9.25. The maximum atomic E-state index is 11.8. The van der Waals surface area contributed by atoms with Gasteiger partial charge in [0, 0.05) is 18.6 Å². The van der Waals surface area contributed by atoms with Gasteiger partial charge in [-0.2, -0.15) is 0 Å². The van der Waals surface area contributed by atoms with Gasteiger partial charge in [0.05, 0.1) is 16.7 Å². The van der Waals surface area contributed by atoms with Crippen molar-refractivity contribution in [3.8, 4) is 0 Å². The molecule has 0 aliphatic heterocycles. The summed E-state index contributed by atoms with van der Waals surface area (Å²) >= 11 is 0. The van der Waals surface area contributed by atoms with Crippen molar-refractivity contribution >= 4 is 22.9 Å². The molecule has 3 rings (SSSR count). The Bertz CT molecular complexity index is 745. The highest BCUT2D eigenvalue weighted by atomic mass is 16.1. The summed E-state index contributed by atoms with van der Waals surface area (Å²) in [5, 5.41) is 0. The summed E-state index contributed by atoms with van der Waals surface area (Å²) in [7, 11) is 0. The number of allylic oxidation sites excluding steroid dienone is 1. The number of hydrogen-bond donors (Lipinski definition) is 1. The number of H-pyrrole nitrogens is 1. The fourth-order valence-corrected chi connectivity index (χ4v) is 1.83. The first-order chi connectivity index (χ1) is 9.33. The molecule has 0 aliphatic rings. The fourth-order valence-electron chi connectivity index (χ4n) is 1.83. The van der Waals surface area contributed by atoms with Crippen LogP contribution in [0.3, 0.4) is 0 Å². The zero-order chi connectivity index (χ0) is 13.1. The van der Waals surface area contributed by atoms with Crippen LogP contribution in [0.4, 0.5) is 0 Å². The first-order valence-electron chi connectivity index (χ1n) is 5.89. The molecule has 0 saturated carbocycles. The Hall–Kier alpha value is -2.75. The molecule has 2 aromatic heterocycles. The maximum Gasteiger partial charge on any atom is 0.201 e. The molecular formula is C15H11N3O. The Labute approximate surface area is 109 Å². The van der Waals surface area contributed by atoms with E-state index < -0.39 is 0 Å². The Kier molecular flexibility index (Phi) is 2.90. The molecule has 0 amide bonds. The quantitative estimate of drug-likeness (QED) is 0.573. The number of carbonyl (C=O) groups is 1. The van der Waals surface area contributed by atoms with Crippen molar-refractivity contribution in [1.29, 1.82) is 0 Å². The molecule has 0 radical (unpaired) electrons. The Morgan fingerprint density at radius 1 is 1.11 bits per heavy atom. The lowest BCUT2D eigenvalue weighted by molar-refractivity contribution is 0.104. The second-order valence-electron chi connectivity index (χ2n) is 4.09. The van der Waals surface area contributed by atoms with Crippen LogP contribution in [0.5, 0.6) is 0 Å². The van der Waals surface area contributed by atoms with Crippen molar-refractivity contribution in [2.75, 3.05) is 0 Å². The molecule has 1 N–H and O–H groups in total. The highest BCUT2D eigenvalue weighted by Crippen LogP contribution is 2.12. The third-order valence-electron chi connectivity index (χ3n) is 2.78. The first-order valence-corrected chi connectivity index (χ1v) is 5.89. The number of hydrogen-bond acceptors (Lipinski definition) is 3. The highest BCUT2D eigenvalue weighted by molar-refractivity contribution is 6.05.